The summed E-state index contributed by atoms with van der Waals surface area (Å²) in [5.41, 5.74) is 0.484. The molecule has 2 aromatic rings. The molecule has 0 aromatic heterocycles. The molecule has 0 spiro atoms. The number of benzene rings is 2. The van der Waals surface area contributed by atoms with Gasteiger partial charge in [-0.05, 0) is 36.4 Å². The second kappa shape index (κ2) is 10.8. The van der Waals surface area contributed by atoms with Gasteiger partial charge in [0, 0.05) is 13.2 Å². The normalized spacial score (nSPS) is 10.4. The summed E-state index contributed by atoms with van der Waals surface area (Å²) < 4.78 is 39.3. The molecule has 0 radical (unpaired) electrons. The fourth-order valence-electron chi connectivity index (χ4n) is 2.29. The Morgan fingerprint density at radius 1 is 1.06 bits per heavy atom. The number of nitrogens with one attached hydrogen (secondary N) is 4. The summed E-state index contributed by atoms with van der Waals surface area (Å²) in [6, 6.07) is 10.8. The molecule has 0 aliphatic carbocycles. The van der Waals surface area contributed by atoms with Gasteiger partial charge in [0.05, 0.1) is 30.1 Å². The average molecular weight is 461 g/mol. The Labute approximate surface area is 183 Å². The molecule has 13 heteroatoms. The zero-order valence-electron chi connectivity index (χ0n) is 17.0. The summed E-state index contributed by atoms with van der Waals surface area (Å²) in [5.74, 6) is -1.17. The first kappa shape index (κ1) is 24.1. The number of hydrogen-bond acceptors (Lipinski definition) is 9. The van der Waals surface area contributed by atoms with E-state index in [0.717, 1.165) is 7.11 Å². The lowest BCUT2D eigenvalue weighted by Gasteiger charge is -2.15. The molecule has 4 N–H and O–H groups in total. The maximum Gasteiger partial charge on any atom is 0.413 e. The van der Waals surface area contributed by atoms with E-state index in [-0.39, 0.29) is 34.2 Å². The summed E-state index contributed by atoms with van der Waals surface area (Å²) >= 11 is 0. The summed E-state index contributed by atoms with van der Waals surface area (Å²) in [7, 11) is -1.79. The van der Waals surface area contributed by atoms with Crippen molar-refractivity contribution in [2.75, 3.05) is 31.5 Å². The zero-order chi connectivity index (χ0) is 23.7. The topological polar surface area (TPSA) is 180 Å². The van der Waals surface area contributed by atoms with E-state index in [0.29, 0.717) is 0 Å². The van der Waals surface area contributed by atoms with Crippen LogP contribution in [0.2, 0.25) is 0 Å². The van der Waals surface area contributed by atoms with Crippen LogP contribution in [0.3, 0.4) is 0 Å². The predicted octanol–water partition coefficient (Wildman–Crippen LogP) is 1.61. The van der Waals surface area contributed by atoms with Gasteiger partial charge in [0.1, 0.15) is 17.3 Å². The van der Waals surface area contributed by atoms with E-state index < -0.39 is 28.1 Å². The average Bonchev–Trinajstić information content (AvgIpc) is 2.75. The van der Waals surface area contributed by atoms with Crippen LogP contribution in [-0.2, 0) is 24.4 Å². The number of methoxy groups -OCH3 is 2. The second-order valence-corrected chi connectivity index (χ2v) is 7.53. The standard InChI is InChI=1S/C19H19N5O7S/c1-29-11-17(25)22-15-8-5-13(9-16(15)23-18(21)24-19(26)30-2)31-32(27,28)14-6-3-12(10-20)4-7-14/h3-9H,11H2,1-2H3,(H,22,25)(H3,21,23,24,26). The van der Waals surface area contributed by atoms with Crippen LogP contribution >= 0.6 is 0 Å². The smallest absolute Gasteiger partial charge is 0.413 e. The third-order valence-corrected chi connectivity index (χ3v) is 4.95. The fraction of sp³-hybridized carbons (Fsp3) is 0.158. The van der Waals surface area contributed by atoms with E-state index in [4.69, 9.17) is 19.6 Å². The van der Waals surface area contributed by atoms with Crippen molar-refractivity contribution in [3.8, 4) is 11.8 Å². The van der Waals surface area contributed by atoms with Gasteiger partial charge >= 0.3 is 16.2 Å². The third-order valence-electron chi connectivity index (χ3n) is 3.69. The Hall–Kier alpha value is -4.15. The van der Waals surface area contributed by atoms with Crippen molar-refractivity contribution in [2.24, 2.45) is 0 Å². The molecule has 0 aliphatic heterocycles. The van der Waals surface area contributed by atoms with Crippen molar-refractivity contribution in [3.63, 3.8) is 0 Å². The van der Waals surface area contributed by atoms with E-state index in [1.54, 1.807) is 0 Å². The van der Waals surface area contributed by atoms with Crippen molar-refractivity contribution >= 4 is 39.5 Å². The molecule has 0 bridgehead atoms. The van der Waals surface area contributed by atoms with Gasteiger partial charge in [-0.15, -0.1) is 0 Å². The summed E-state index contributed by atoms with van der Waals surface area (Å²) in [4.78, 5) is 23.0. The predicted molar refractivity (Wildman–Crippen MR) is 113 cm³/mol. The zero-order valence-corrected chi connectivity index (χ0v) is 17.8. The lowest BCUT2D eigenvalue weighted by atomic mass is 10.2. The highest BCUT2D eigenvalue weighted by Gasteiger charge is 2.18. The van der Waals surface area contributed by atoms with Crippen LogP contribution in [0, 0.1) is 16.7 Å². The van der Waals surface area contributed by atoms with Crippen molar-refractivity contribution in [1.82, 2.24) is 5.32 Å². The summed E-state index contributed by atoms with van der Waals surface area (Å²) in [6.07, 6.45) is -0.914. The minimum atomic E-state index is -4.24. The summed E-state index contributed by atoms with van der Waals surface area (Å²) in [5, 5.41) is 23.7. The number of ether oxygens (including phenoxy) is 2. The number of anilines is 2. The number of guanidine groups is 1. The van der Waals surface area contributed by atoms with Crippen LogP contribution in [0.5, 0.6) is 5.75 Å². The molecule has 2 rings (SSSR count). The van der Waals surface area contributed by atoms with E-state index in [1.165, 1.54) is 49.6 Å². The van der Waals surface area contributed by atoms with Gasteiger partial charge in [-0.2, -0.15) is 13.7 Å². The van der Waals surface area contributed by atoms with Gasteiger partial charge in [-0.25, -0.2) is 4.79 Å². The fourth-order valence-corrected chi connectivity index (χ4v) is 3.22. The van der Waals surface area contributed by atoms with Gasteiger partial charge in [0.2, 0.25) is 11.9 Å². The molecule has 12 nitrogen and oxygen atoms in total. The van der Waals surface area contributed by atoms with Crippen LogP contribution in [0.4, 0.5) is 16.2 Å². The van der Waals surface area contributed by atoms with Crippen LogP contribution in [0.15, 0.2) is 47.4 Å². The number of nitrogens with zero attached hydrogens (tertiary/aromatic N) is 1. The number of carbonyl (C=O) groups is 2. The molecular formula is C19H19N5O7S. The lowest BCUT2D eigenvalue weighted by molar-refractivity contribution is -0.119. The minimum Gasteiger partial charge on any atom is -0.453 e. The minimum absolute atomic E-state index is 0.0448. The van der Waals surface area contributed by atoms with Gasteiger partial charge < -0.3 is 24.3 Å². The SMILES string of the molecule is COCC(=O)Nc1ccc(OS(=O)(=O)c2ccc(C#N)cc2)cc1NC(=N)NC(=O)OC. The van der Waals surface area contributed by atoms with Crippen LogP contribution in [0.1, 0.15) is 5.56 Å². The maximum atomic E-state index is 12.5. The van der Waals surface area contributed by atoms with Gasteiger partial charge in [0.15, 0.2) is 0 Å². The molecule has 2 amide bonds. The number of alkyl carbamates (subject to hydrolysis) is 1. The van der Waals surface area contributed by atoms with E-state index in [2.05, 4.69) is 20.7 Å². The summed E-state index contributed by atoms with van der Waals surface area (Å²) in [6.45, 7) is -0.247. The first-order valence-corrected chi connectivity index (χ1v) is 10.2. The molecule has 0 saturated heterocycles. The van der Waals surface area contributed by atoms with Crippen molar-refractivity contribution in [1.29, 1.82) is 10.7 Å². The molecule has 0 unspecified atom stereocenters. The molecule has 2 aromatic carbocycles. The monoisotopic (exact) mass is 461 g/mol. The quantitative estimate of drug-likeness (QED) is 0.271. The molecule has 0 atom stereocenters. The molecule has 0 fully saturated rings. The van der Waals surface area contributed by atoms with E-state index in [1.807, 2.05) is 6.07 Å². The second-order valence-electron chi connectivity index (χ2n) is 5.98. The molecule has 0 heterocycles. The Bertz CT molecular complexity index is 1160. The van der Waals surface area contributed by atoms with Crippen molar-refractivity contribution < 1.29 is 31.7 Å². The highest BCUT2D eigenvalue weighted by Crippen LogP contribution is 2.29. The lowest BCUT2D eigenvalue weighted by Crippen LogP contribution is -2.35. The van der Waals surface area contributed by atoms with E-state index in [9.17, 15) is 18.0 Å². The molecule has 168 valence electrons. The number of nitriles is 1. The van der Waals surface area contributed by atoms with Gasteiger partial charge in [0.25, 0.3) is 0 Å². The molecule has 0 aliphatic rings. The van der Waals surface area contributed by atoms with Crippen molar-refractivity contribution in [3.05, 3.63) is 48.0 Å². The van der Waals surface area contributed by atoms with Gasteiger partial charge in [-0.3, -0.25) is 15.5 Å². The number of rotatable bonds is 7. The molecule has 0 saturated carbocycles. The Morgan fingerprint density at radius 3 is 2.34 bits per heavy atom. The third kappa shape index (κ3) is 6.69. The molecular weight excluding hydrogens is 442 g/mol. The van der Waals surface area contributed by atoms with Crippen LogP contribution < -0.4 is 20.1 Å². The number of carbonyl (C=O) groups excluding carboxylic acids is 2. The van der Waals surface area contributed by atoms with Crippen LogP contribution in [0.25, 0.3) is 0 Å². The van der Waals surface area contributed by atoms with Crippen LogP contribution in [-0.4, -0.2) is 47.2 Å². The number of hydrogen-bond donors (Lipinski definition) is 4. The van der Waals surface area contributed by atoms with Gasteiger partial charge in [-0.1, -0.05) is 0 Å². The number of amides is 2. The first-order valence-electron chi connectivity index (χ1n) is 8.76. The molecule has 32 heavy (non-hydrogen) atoms. The Balaban J connectivity index is 2.32. The highest BCUT2D eigenvalue weighted by atomic mass is 32.2. The highest BCUT2D eigenvalue weighted by molar-refractivity contribution is 7.87. The Kier molecular flexibility index (Phi) is 8.11. The maximum absolute atomic E-state index is 12.5. The van der Waals surface area contributed by atoms with E-state index >= 15 is 0 Å². The Morgan fingerprint density at radius 2 is 1.75 bits per heavy atom. The first-order chi connectivity index (χ1) is 15.2. The largest absolute Gasteiger partial charge is 0.453 e. The van der Waals surface area contributed by atoms with Crippen molar-refractivity contribution in [2.45, 2.75) is 4.90 Å².